The van der Waals surface area contributed by atoms with Crippen LogP contribution in [0.5, 0.6) is 0 Å². The lowest BCUT2D eigenvalue weighted by Crippen LogP contribution is -1.84. The molecule has 3 nitrogen and oxygen atoms in total. The quantitative estimate of drug-likeness (QED) is 0.463. The molecule has 0 aliphatic rings. The fourth-order valence-electron chi connectivity index (χ4n) is 2.64. The molecule has 0 saturated heterocycles. The van der Waals surface area contributed by atoms with E-state index < -0.39 is 0 Å². The third-order valence-corrected chi connectivity index (χ3v) is 4.80. The maximum atomic E-state index is 5.78. The summed E-state index contributed by atoms with van der Waals surface area (Å²) in [5.41, 5.74) is 3.43. The molecule has 0 spiro atoms. The van der Waals surface area contributed by atoms with Gasteiger partial charge in [-0.05, 0) is 35.4 Å². The highest BCUT2D eigenvalue weighted by atomic mass is 32.2. The molecular formula is C20H16N2OS. The first-order valence-electron chi connectivity index (χ1n) is 7.79. The van der Waals surface area contributed by atoms with Gasteiger partial charge in [-0.15, -0.1) is 10.2 Å². The lowest BCUT2D eigenvalue weighted by Gasteiger charge is -2.04. The Morgan fingerprint density at radius 3 is 2.54 bits per heavy atom. The Kier molecular flexibility index (Phi) is 4.05. The summed E-state index contributed by atoms with van der Waals surface area (Å²) in [7, 11) is 0. The average Bonchev–Trinajstić information content (AvgIpc) is 3.09. The fraction of sp³-hybridized carbons (Fsp3) is 0.100. The van der Waals surface area contributed by atoms with Gasteiger partial charge in [0, 0.05) is 11.3 Å². The molecular weight excluding hydrogens is 316 g/mol. The van der Waals surface area contributed by atoms with Crippen molar-refractivity contribution in [3.8, 4) is 11.5 Å². The van der Waals surface area contributed by atoms with Crippen LogP contribution in [0.2, 0.25) is 0 Å². The second kappa shape index (κ2) is 6.49. The highest BCUT2D eigenvalue weighted by molar-refractivity contribution is 7.98. The largest absolute Gasteiger partial charge is 0.411 e. The number of fused-ring (bicyclic) bond motifs is 1. The van der Waals surface area contributed by atoms with E-state index in [0.717, 1.165) is 11.3 Å². The molecule has 0 saturated carbocycles. The van der Waals surface area contributed by atoms with Crippen LogP contribution in [0, 0.1) is 6.92 Å². The molecule has 4 aromatic rings. The zero-order chi connectivity index (χ0) is 16.4. The molecule has 3 aromatic carbocycles. The highest BCUT2D eigenvalue weighted by Crippen LogP contribution is 2.28. The second-order valence-corrected chi connectivity index (χ2v) is 6.59. The van der Waals surface area contributed by atoms with Crippen molar-refractivity contribution in [1.29, 1.82) is 0 Å². The van der Waals surface area contributed by atoms with Crippen LogP contribution in [-0.4, -0.2) is 10.2 Å². The molecule has 0 aliphatic carbocycles. The lowest BCUT2D eigenvalue weighted by molar-refractivity contribution is 0.466. The monoisotopic (exact) mass is 332 g/mol. The van der Waals surface area contributed by atoms with Crippen molar-refractivity contribution in [2.75, 3.05) is 0 Å². The van der Waals surface area contributed by atoms with Crippen molar-refractivity contribution < 1.29 is 4.42 Å². The Hall–Kier alpha value is -2.59. The Balaban J connectivity index is 1.53. The molecule has 24 heavy (non-hydrogen) atoms. The molecule has 4 rings (SSSR count). The number of aromatic nitrogens is 2. The topological polar surface area (TPSA) is 38.9 Å². The van der Waals surface area contributed by atoms with Crippen LogP contribution in [-0.2, 0) is 5.75 Å². The summed E-state index contributed by atoms with van der Waals surface area (Å²) in [6.07, 6.45) is 0. The molecule has 118 valence electrons. The minimum Gasteiger partial charge on any atom is -0.411 e. The van der Waals surface area contributed by atoms with E-state index in [1.165, 1.54) is 21.9 Å². The van der Waals surface area contributed by atoms with Crippen LogP contribution in [0.25, 0.3) is 22.2 Å². The van der Waals surface area contributed by atoms with E-state index in [0.29, 0.717) is 11.1 Å². The number of rotatable bonds is 4. The smallest absolute Gasteiger partial charge is 0.277 e. The van der Waals surface area contributed by atoms with E-state index in [2.05, 4.69) is 59.6 Å². The van der Waals surface area contributed by atoms with Gasteiger partial charge in [-0.2, -0.15) is 0 Å². The van der Waals surface area contributed by atoms with Gasteiger partial charge in [0.25, 0.3) is 5.22 Å². The van der Waals surface area contributed by atoms with Crippen LogP contribution < -0.4 is 0 Å². The Bertz CT molecular complexity index is 971. The van der Waals surface area contributed by atoms with Crippen LogP contribution >= 0.6 is 11.8 Å². The normalized spacial score (nSPS) is 11.0. The Morgan fingerprint density at radius 1 is 0.875 bits per heavy atom. The maximum absolute atomic E-state index is 5.78. The minimum absolute atomic E-state index is 0.565. The van der Waals surface area contributed by atoms with Crippen molar-refractivity contribution in [3.63, 3.8) is 0 Å². The average molecular weight is 332 g/mol. The summed E-state index contributed by atoms with van der Waals surface area (Å²) >= 11 is 1.57. The van der Waals surface area contributed by atoms with Gasteiger partial charge in [-0.1, -0.05) is 71.9 Å². The van der Waals surface area contributed by atoms with Gasteiger partial charge in [-0.25, -0.2) is 0 Å². The van der Waals surface area contributed by atoms with Gasteiger partial charge in [0.2, 0.25) is 5.89 Å². The molecule has 0 aliphatic heterocycles. The molecule has 0 radical (unpaired) electrons. The minimum atomic E-state index is 0.565. The van der Waals surface area contributed by atoms with Crippen LogP contribution in [0.4, 0.5) is 0 Å². The third-order valence-electron chi connectivity index (χ3n) is 3.94. The van der Waals surface area contributed by atoms with E-state index in [4.69, 9.17) is 4.42 Å². The lowest BCUT2D eigenvalue weighted by atomic mass is 10.1. The molecule has 0 fully saturated rings. The molecule has 0 atom stereocenters. The summed E-state index contributed by atoms with van der Waals surface area (Å²) in [5, 5.41) is 11.4. The van der Waals surface area contributed by atoms with E-state index in [1.54, 1.807) is 11.8 Å². The Morgan fingerprint density at radius 2 is 1.67 bits per heavy atom. The molecule has 0 bridgehead atoms. The summed E-state index contributed by atoms with van der Waals surface area (Å²) in [6, 6.07) is 22.9. The summed E-state index contributed by atoms with van der Waals surface area (Å²) in [4.78, 5) is 0. The first kappa shape index (κ1) is 15.0. The van der Waals surface area contributed by atoms with Crippen molar-refractivity contribution >= 4 is 22.5 Å². The molecule has 0 N–H and O–H groups in total. The van der Waals surface area contributed by atoms with Gasteiger partial charge in [-0.3, -0.25) is 0 Å². The molecule has 0 amide bonds. The predicted molar refractivity (Wildman–Crippen MR) is 98.0 cm³/mol. The standard InChI is InChI=1S/C20H16N2OS/c1-14-9-11-16(12-10-14)19-21-22-20(23-19)24-13-17-7-4-6-15-5-2-3-8-18(15)17/h2-12H,13H2,1H3. The van der Waals surface area contributed by atoms with Crippen LogP contribution in [0.3, 0.4) is 0 Å². The van der Waals surface area contributed by atoms with E-state index in [9.17, 15) is 0 Å². The number of aryl methyl sites for hydroxylation is 1. The van der Waals surface area contributed by atoms with E-state index in [-0.39, 0.29) is 0 Å². The van der Waals surface area contributed by atoms with Crippen LogP contribution in [0.15, 0.2) is 76.4 Å². The van der Waals surface area contributed by atoms with Gasteiger partial charge in [0.1, 0.15) is 0 Å². The first-order valence-corrected chi connectivity index (χ1v) is 8.78. The van der Waals surface area contributed by atoms with Crippen molar-refractivity contribution in [1.82, 2.24) is 10.2 Å². The third kappa shape index (κ3) is 3.05. The molecule has 1 aromatic heterocycles. The van der Waals surface area contributed by atoms with Gasteiger partial charge >= 0.3 is 0 Å². The SMILES string of the molecule is Cc1ccc(-c2nnc(SCc3cccc4ccccc34)o2)cc1. The van der Waals surface area contributed by atoms with Gasteiger partial charge in [0.05, 0.1) is 0 Å². The van der Waals surface area contributed by atoms with Crippen molar-refractivity contribution in [2.45, 2.75) is 17.9 Å². The van der Waals surface area contributed by atoms with Gasteiger partial charge < -0.3 is 4.42 Å². The zero-order valence-electron chi connectivity index (χ0n) is 13.3. The number of thioether (sulfide) groups is 1. The summed E-state index contributed by atoms with van der Waals surface area (Å²) < 4.78 is 5.78. The first-order chi connectivity index (χ1) is 11.8. The Labute approximate surface area is 144 Å². The second-order valence-electron chi connectivity index (χ2n) is 5.67. The zero-order valence-corrected chi connectivity index (χ0v) is 14.1. The molecule has 1 heterocycles. The molecule has 4 heteroatoms. The number of nitrogens with zero attached hydrogens (tertiary/aromatic N) is 2. The van der Waals surface area contributed by atoms with E-state index in [1.807, 2.05) is 24.3 Å². The van der Waals surface area contributed by atoms with E-state index >= 15 is 0 Å². The van der Waals surface area contributed by atoms with Crippen LogP contribution in [0.1, 0.15) is 11.1 Å². The number of hydrogen-bond acceptors (Lipinski definition) is 4. The maximum Gasteiger partial charge on any atom is 0.277 e. The van der Waals surface area contributed by atoms with Crippen molar-refractivity contribution in [3.05, 3.63) is 77.9 Å². The summed E-state index contributed by atoms with van der Waals surface area (Å²) in [5.74, 6) is 1.37. The number of benzene rings is 3. The fourth-order valence-corrected chi connectivity index (χ4v) is 3.41. The molecule has 0 unspecified atom stereocenters. The predicted octanol–water partition coefficient (Wildman–Crippen LogP) is 5.49. The van der Waals surface area contributed by atoms with Gasteiger partial charge in [0.15, 0.2) is 0 Å². The number of hydrogen-bond donors (Lipinski definition) is 0. The highest BCUT2D eigenvalue weighted by Gasteiger charge is 2.10. The summed E-state index contributed by atoms with van der Waals surface area (Å²) in [6.45, 7) is 2.06. The van der Waals surface area contributed by atoms with Crippen molar-refractivity contribution in [2.24, 2.45) is 0 Å².